The molecule has 2 N–H and O–H groups in total. The second-order valence-corrected chi connectivity index (χ2v) is 5.76. The van der Waals surface area contributed by atoms with E-state index >= 15 is 0 Å². The van der Waals surface area contributed by atoms with Crippen molar-refractivity contribution >= 4 is 5.69 Å². The first-order valence-electron chi connectivity index (χ1n) is 8.17. The maximum absolute atomic E-state index is 12.0. The van der Waals surface area contributed by atoms with Crippen LogP contribution in [0.3, 0.4) is 0 Å². The number of unbranched alkanes of at least 4 members (excludes halogenated alkanes) is 5. The lowest BCUT2D eigenvalue weighted by molar-refractivity contribution is -0.384. The summed E-state index contributed by atoms with van der Waals surface area (Å²) in [5.41, 5.74) is 1.89. The molecule has 1 heterocycles. The number of nitrogens with zero attached hydrogens (tertiary/aromatic N) is 1. The fourth-order valence-corrected chi connectivity index (χ4v) is 2.73. The van der Waals surface area contributed by atoms with E-state index in [0.717, 1.165) is 12.8 Å². The standard InChI is InChI=1S/C17H23N3O3/c1-2-3-4-5-6-7-11-15-16(18-19-17(15)21)13-9-8-10-14(12-13)20(22)23/h8-10,12H,2-7,11H2,1H3,(H2,18,19,21). The van der Waals surface area contributed by atoms with Crippen molar-refractivity contribution in [3.05, 3.63) is 50.3 Å². The van der Waals surface area contributed by atoms with Crippen LogP contribution in [0.5, 0.6) is 0 Å². The average Bonchev–Trinajstić information content (AvgIpc) is 2.92. The number of nitro benzene ring substituents is 1. The Kier molecular flexibility index (Phi) is 6.14. The summed E-state index contributed by atoms with van der Waals surface area (Å²) < 4.78 is 0. The number of hydrogen-bond donors (Lipinski definition) is 2. The molecule has 6 heteroatoms. The third kappa shape index (κ3) is 4.55. The van der Waals surface area contributed by atoms with Crippen molar-refractivity contribution < 1.29 is 4.92 Å². The predicted molar refractivity (Wildman–Crippen MR) is 90.6 cm³/mol. The molecule has 0 radical (unpaired) electrons. The zero-order valence-corrected chi connectivity index (χ0v) is 13.4. The zero-order chi connectivity index (χ0) is 16.7. The maximum atomic E-state index is 12.0. The summed E-state index contributed by atoms with van der Waals surface area (Å²) in [5, 5.41) is 16.4. The third-order valence-corrected chi connectivity index (χ3v) is 4.00. The molecule has 2 rings (SSSR count). The summed E-state index contributed by atoms with van der Waals surface area (Å²) in [6.45, 7) is 2.19. The van der Waals surface area contributed by atoms with E-state index in [4.69, 9.17) is 0 Å². The normalized spacial score (nSPS) is 10.8. The molecule has 6 nitrogen and oxygen atoms in total. The van der Waals surface area contributed by atoms with Crippen molar-refractivity contribution in [1.82, 2.24) is 10.2 Å². The molecule has 23 heavy (non-hydrogen) atoms. The number of nitrogens with one attached hydrogen (secondary N) is 2. The molecular formula is C17H23N3O3. The van der Waals surface area contributed by atoms with Gasteiger partial charge in [0.2, 0.25) is 0 Å². The Morgan fingerprint density at radius 3 is 2.57 bits per heavy atom. The Labute approximate surface area is 135 Å². The van der Waals surface area contributed by atoms with Crippen LogP contribution in [0.4, 0.5) is 5.69 Å². The van der Waals surface area contributed by atoms with Crippen LogP contribution in [0, 0.1) is 10.1 Å². The van der Waals surface area contributed by atoms with Gasteiger partial charge in [-0.3, -0.25) is 25.1 Å². The van der Waals surface area contributed by atoms with Gasteiger partial charge >= 0.3 is 0 Å². The Morgan fingerprint density at radius 1 is 1.09 bits per heavy atom. The fraction of sp³-hybridized carbons (Fsp3) is 0.471. The van der Waals surface area contributed by atoms with E-state index in [1.165, 1.54) is 37.8 Å². The molecule has 0 spiro atoms. The highest BCUT2D eigenvalue weighted by Gasteiger charge is 2.14. The van der Waals surface area contributed by atoms with Gasteiger partial charge in [-0.15, -0.1) is 0 Å². The van der Waals surface area contributed by atoms with Crippen molar-refractivity contribution in [2.24, 2.45) is 0 Å². The van der Waals surface area contributed by atoms with E-state index in [0.29, 0.717) is 23.2 Å². The fourth-order valence-electron chi connectivity index (χ4n) is 2.73. The maximum Gasteiger partial charge on any atom is 0.270 e. The average molecular weight is 317 g/mol. The van der Waals surface area contributed by atoms with E-state index in [1.807, 2.05) is 0 Å². The molecular weight excluding hydrogens is 294 g/mol. The lowest BCUT2D eigenvalue weighted by atomic mass is 10.0. The van der Waals surface area contributed by atoms with E-state index in [-0.39, 0.29) is 11.2 Å². The molecule has 0 saturated carbocycles. The predicted octanol–water partition coefficient (Wildman–Crippen LogP) is 4.18. The smallest absolute Gasteiger partial charge is 0.270 e. The summed E-state index contributed by atoms with van der Waals surface area (Å²) in [4.78, 5) is 22.4. The Morgan fingerprint density at radius 2 is 1.83 bits per heavy atom. The Hall–Kier alpha value is -2.37. The van der Waals surface area contributed by atoms with Crippen LogP contribution in [0.1, 0.15) is 51.0 Å². The van der Waals surface area contributed by atoms with Crippen molar-refractivity contribution in [3.63, 3.8) is 0 Å². The van der Waals surface area contributed by atoms with Gasteiger partial charge in [0.05, 0.1) is 10.6 Å². The van der Waals surface area contributed by atoms with E-state index in [1.54, 1.807) is 12.1 Å². The first-order valence-corrected chi connectivity index (χ1v) is 8.17. The number of rotatable bonds is 9. The lowest BCUT2D eigenvalue weighted by Gasteiger charge is -2.03. The molecule has 0 saturated heterocycles. The Bertz CT molecular complexity index is 703. The van der Waals surface area contributed by atoms with Crippen LogP contribution in [0.2, 0.25) is 0 Å². The van der Waals surface area contributed by atoms with Gasteiger partial charge in [0.15, 0.2) is 0 Å². The second-order valence-electron chi connectivity index (χ2n) is 5.76. The van der Waals surface area contributed by atoms with Gasteiger partial charge in [-0.1, -0.05) is 51.2 Å². The minimum Gasteiger partial charge on any atom is -0.297 e. The first-order chi connectivity index (χ1) is 11.1. The molecule has 2 aromatic rings. The van der Waals surface area contributed by atoms with Crippen LogP contribution in [0.15, 0.2) is 29.1 Å². The molecule has 0 fully saturated rings. The first kappa shape index (κ1) is 17.0. The van der Waals surface area contributed by atoms with Gasteiger partial charge in [0.25, 0.3) is 11.2 Å². The molecule has 0 unspecified atom stereocenters. The van der Waals surface area contributed by atoms with Crippen molar-refractivity contribution in [3.8, 4) is 11.3 Å². The zero-order valence-electron chi connectivity index (χ0n) is 13.4. The van der Waals surface area contributed by atoms with Crippen LogP contribution < -0.4 is 5.56 Å². The van der Waals surface area contributed by atoms with Gasteiger partial charge in [-0.2, -0.15) is 0 Å². The van der Waals surface area contributed by atoms with Gasteiger partial charge < -0.3 is 0 Å². The quantitative estimate of drug-likeness (QED) is 0.413. The van der Waals surface area contributed by atoms with E-state index in [9.17, 15) is 14.9 Å². The molecule has 0 atom stereocenters. The van der Waals surface area contributed by atoms with E-state index < -0.39 is 4.92 Å². The minimum absolute atomic E-state index is 0.0232. The number of hydrogen-bond acceptors (Lipinski definition) is 3. The molecule has 0 aliphatic heterocycles. The highest BCUT2D eigenvalue weighted by atomic mass is 16.6. The van der Waals surface area contributed by atoms with E-state index in [2.05, 4.69) is 17.1 Å². The number of non-ortho nitro benzene ring substituents is 1. The number of benzene rings is 1. The van der Waals surface area contributed by atoms with Gasteiger partial charge in [-0.25, -0.2) is 0 Å². The van der Waals surface area contributed by atoms with Crippen LogP contribution >= 0.6 is 0 Å². The van der Waals surface area contributed by atoms with Gasteiger partial charge in [-0.05, 0) is 12.8 Å². The summed E-state index contributed by atoms with van der Waals surface area (Å²) in [6, 6.07) is 6.34. The number of aromatic amines is 2. The molecule has 0 aliphatic carbocycles. The van der Waals surface area contributed by atoms with Crippen molar-refractivity contribution in [2.45, 2.75) is 51.9 Å². The van der Waals surface area contributed by atoms with Crippen molar-refractivity contribution in [2.75, 3.05) is 0 Å². The van der Waals surface area contributed by atoms with Gasteiger partial charge in [0, 0.05) is 23.3 Å². The van der Waals surface area contributed by atoms with Crippen LogP contribution in [-0.2, 0) is 6.42 Å². The molecule has 1 aromatic heterocycles. The SMILES string of the molecule is CCCCCCCCc1c(-c2cccc([N+](=O)[O-])c2)[nH][nH]c1=O. The molecule has 124 valence electrons. The highest BCUT2D eigenvalue weighted by Crippen LogP contribution is 2.24. The van der Waals surface area contributed by atoms with Crippen molar-refractivity contribution in [1.29, 1.82) is 0 Å². The topological polar surface area (TPSA) is 91.8 Å². The molecule has 0 bridgehead atoms. The molecule has 1 aromatic carbocycles. The minimum atomic E-state index is -0.429. The summed E-state index contributed by atoms with van der Waals surface area (Å²) in [7, 11) is 0. The Balaban J connectivity index is 2.08. The third-order valence-electron chi connectivity index (χ3n) is 4.00. The summed E-state index contributed by atoms with van der Waals surface area (Å²) in [6.07, 6.45) is 7.62. The number of nitro groups is 1. The number of aromatic nitrogens is 2. The number of H-pyrrole nitrogens is 2. The highest BCUT2D eigenvalue weighted by molar-refractivity contribution is 5.65. The summed E-state index contributed by atoms with van der Waals surface area (Å²) in [5.74, 6) is 0. The van der Waals surface area contributed by atoms with Crippen LogP contribution in [-0.4, -0.2) is 15.1 Å². The molecule has 0 aliphatic rings. The van der Waals surface area contributed by atoms with Gasteiger partial charge in [0.1, 0.15) is 0 Å². The van der Waals surface area contributed by atoms with Crippen LogP contribution in [0.25, 0.3) is 11.3 Å². The lowest BCUT2D eigenvalue weighted by Crippen LogP contribution is -2.06. The summed E-state index contributed by atoms with van der Waals surface area (Å²) >= 11 is 0. The largest absolute Gasteiger partial charge is 0.297 e. The monoisotopic (exact) mass is 317 g/mol. The second kappa shape index (κ2) is 8.31. The molecule has 0 amide bonds.